The first-order valence-electron chi connectivity index (χ1n) is 4.68. The second-order valence-electron chi connectivity index (χ2n) is 4.27. The lowest BCUT2D eigenvalue weighted by Crippen LogP contribution is -2.35. The Bertz CT molecular complexity index is 276. The van der Waals surface area contributed by atoms with E-state index in [9.17, 15) is 0 Å². The Morgan fingerprint density at radius 3 is 2.79 bits per heavy atom. The fourth-order valence-corrected chi connectivity index (χ4v) is 2.49. The third kappa shape index (κ3) is 4.44. The molecule has 0 unspecified atom stereocenters. The van der Waals surface area contributed by atoms with E-state index in [1.165, 1.54) is 5.01 Å². The van der Waals surface area contributed by atoms with Crippen molar-refractivity contribution in [2.75, 3.05) is 6.26 Å². The SMILES string of the molecule is CSCc1nc(CNC(C)(C)C)cs1. The molecule has 0 radical (unpaired) electrons. The Morgan fingerprint density at radius 2 is 2.21 bits per heavy atom. The summed E-state index contributed by atoms with van der Waals surface area (Å²) in [5.74, 6) is 1.03. The molecular weight excluding hydrogens is 212 g/mol. The maximum absolute atomic E-state index is 4.54. The molecule has 0 fully saturated rings. The molecular formula is C10H18N2S2. The molecule has 0 saturated heterocycles. The van der Waals surface area contributed by atoms with E-state index >= 15 is 0 Å². The first-order valence-corrected chi connectivity index (χ1v) is 6.96. The van der Waals surface area contributed by atoms with E-state index in [1.54, 1.807) is 11.3 Å². The van der Waals surface area contributed by atoms with Crippen molar-refractivity contribution in [3.05, 3.63) is 16.1 Å². The van der Waals surface area contributed by atoms with Crippen molar-refractivity contribution >= 4 is 23.1 Å². The minimum absolute atomic E-state index is 0.170. The molecule has 1 aromatic rings. The van der Waals surface area contributed by atoms with E-state index in [2.05, 4.69) is 42.7 Å². The van der Waals surface area contributed by atoms with E-state index in [1.807, 2.05) is 11.8 Å². The van der Waals surface area contributed by atoms with Crippen LogP contribution in [0.3, 0.4) is 0 Å². The molecule has 2 nitrogen and oxygen atoms in total. The van der Waals surface area contributed by atoms with Gasteiger partial charge >= 0.3 is 0 Å². The molecule has 0 amide bonds. The lowest BCUT2D eigenvalue weighted by atomic mass is 10.1. The Kier molecular flexibility index (Phi) is 4.41. The Labute approximate surface area is 94.5 Å². The highest BCUT2D eigenvalue weighted by molar-refractivity contribution is 7.97. The van der Waals surface area contributed by atoms with Gasteiger partial charge in [-0.05, 0) is 27.0 Å². The average molecular weight is 230 g/mol. The number of nitrogens with zero attached hydrogens (tertiary/aromatic N) is 1. The summed E-state index contributed by atoms with van der Waals surface area (Å²) < 4.78 is 0. The van der Waals surface area contributed by atoms with Crippen LogP contribution >= 0.6 is 23.1 Å². The summed E-state index contributed by atoms with van der Waals surface area (Å²) >= 11 is 3.57. The van der Waals surface area contributed by atoms with Crippen LogP contribution in [0.15, 0.2) is 5.38 Å². The molecule has 1 heterocycles. The van der Waals surface area contributed by atoms with E-state index < -0.39 is 0 Å². The highest BCUT2D eigenvalue weighted by atomic mass is 32.2. The lowest BCUT2D eigenvalue weighted by Gasteiger charge is -2.19. The predicted octanol–water partition coefficient (Wildman–Crippen LogP) is 2.89. The van der Waals surface area contributed by atoms with Crippen molar-refractivity contribution in [2.45, 2.75) is 38.6 Å². The van der Waals surface area contributed by atoms with E-state index in [0.29, 0.717) is 0 Å². The van der Waals surface area contributed by atoms with Crippen molar-refractivity contribution in [2.24, 2.45) is 0 Å². The summed E-state index contributed by atoms with van der Waals surface area (Å²) in [6.45, 7) is 7.38. The van der Waals surface area contributed by atoms with Gasteiger partial charge in [-0.1, -0.05) is 0 Å². The summed E-state index contributed by atoms with van der Waals surface area (Å²) in [6, 6.07) is 0. The van der Waals surface area contributed by atoms with Crippen molar-refractivity contribution < 1.29 is 0 Å². The van der Waals surface area contributed by atoms with Gasteiger partial charge in [-0.15, -0.1) is 11.3 Å². The van der Waals surface area contributed by atoms with Crippen molar-refractivity contribution in [1.29, 1.82) is 0 Å². The third-order valence-electron chi connectivity index (χ3n) is 1.67. The maximum Gasteiger partial charge on any atom is 0.103 e. The molecule has 0 spiro atoms. The Hall–Kier alpha value is -0.0600. The zero-order valence-corrected chi connectivity index (χ0v) is 10.9. The molecule has 0 aromatic carbocycles. The van der Waals surface area contributed by atoms with Gasteiger partial charge in [0, 0.05) is 23.2 Å². The van der Waals surface area contributed by atoms with E-state index in [0.717, 1.165) is 18.0 Å². The lowest BCUT2D eigenvalue weighted by molar-refractivity contribution is 0.421. The Morgan fingerprint density at radius 1 is 1.50 bits per heavy atom. The zero-order valence-electron chi connectivity index (χ0n) is 9.26. The molecule has 0 aliphatic rings. The third-order valence-corrected chi connectivity index (χ3v) is 3.31. The number of aromatic nitrogens is 1. The fraction of sp³-hybridized carbons (Fsp3) is 0.700. The van der Waals surface area contributed by atoms with Crippen LogP contribution in [0.2, 0.25) is 0 Å². The average Bonchev–Trinajstić information content (AvgIpc) is 2.49. The summed E-state index contributed by atoms with van der Waals surface area (Å²) in [4.78, 5) is 4.54. The molecule has 80 valence electrons. The summed E-state index contributed by atoms with van der Waals surface area (Å²) in [5.41, 5.74) is 1.33. The molecule has 0 saturated carbocycles. The van der Waals surface area contributed by atoms with Gasteiger partial charge in [0.1, 0.15) is 5.01 Å². The number of nitrogens with one attached hydrogen (secondary N) is 1. The standard InChI is InChI=1S/C10H18N2S2/c1-10(2,3)11-5-8-6-14-9(12-8)7-13-4/h6,11H,5,7H2,1-4H3. The number of hydrogen-bond acceptors (Lipinski definition) is 4. The first kappa shape index (κ1) is 12.0. The van der Waals surface area contributed by atoms with Crippen LogP contribution in [-0.4, -0.2) is 16.8 Å². The maximum atomic E-state index is 4.54. The van der Waals surface area contributed by atoms with E-state index in [-0.39, 0.29) is 5.54 Å². The summed E-state index contributed by atoms with van der Waals surface area (Å²) in [6.07, 6.45) is 2.11. The minimum Gasteiger partial charge on any atom is -0.306 e. The second-order valence-corrected chi connectivity index (χ2v) is 6.08. The van der Waals surface area contributed by atoms with Crippen LogP contribution in [0.25, 0.3) is 0 Å². The monoisotopic (exact) mass is 230 g/mol. The van der Waals surface area contributed by atoms with Crippen LogP contribution in [0.4, 0.5) is 0 Å². The van der Waals surface area contributed by atoms with Crippen LogP contribution in [-0.2, 0) is 12.3 Å². The van der Waals surface area contributed by atoms with Gasteiger partial charge in [0.25, 0.3) is 0 Å². The number of rotatable bonds is 4. The number of thioether (sulfide) groups is 1. The number of thiazole rings is 1. The van der Waals surface area contributed by atoms with Crippen LogP contribution in [0, 0.1) is 0 Å². The molecule has 14 heavy (non-hydrogen) atoms. The molecule has 1 aromatic heterocycles. The largest absolute Gasteiger partial charge is 0.306 e. The van der Waals surface area contributed by atoms with Gasteiger partial charge in [0.05, 0.1) is 5.69 Å². The zero-order chi connectivity index (χ0) is 10.6. The first-order chi connectivity index (χ1) is 6.51. The van der Waals surface area contributed by atoms with E-state index in [4.69, 9.17) is 0 Å². The van der Waals surface area contributed by atoms with Gasteiger partial charge in [-0.25, -0.2) is 4.98 Å². The molecule has 0 aliphatic heterocycles. The molecule has 1 rings (SSSR count). The van der Waals surface area contributed by atoms with Gasteiger partial charge < -0.3 is 5.32 Å². The minimum atomic E-state index is 0.170. The smallest absolute Gasteiger partial charge is 0.103 e. The van der Waals surface area contributed by atoms with Crippen molar-refractivity contribution in [3.8, 4) is 0 Å². The van der Waals surface area contributed by atoms with Crippen LogP contribution < -0.4 is 5.32 Å². The second kappa shape index (κ2) is 5.14. The molecule has 1 N–H and O–H groups in total. The van der Waals surface area contributed by atoms with Crippen molar-refractivity contribution in [1.82, 2.24) is 10.3 Å². The Balaban J connectivity index is 2.44. The normalized spacial score (nSPS) is 12.0. The highest BCUT2D eigenvalue weighted by Crippen LogP contribution is 2.15. The molecule has 0 aliphatic carbocycles. The topological polar surface area (TPSA) is 24.9 Å². The van der Waals surface area contributed by atoms with Crippen LogP contribution in [0.1, 0.15) is 31.5 Å². The van der Waals surface area contributed by atoms with Gasteiger partial charge in [0.2, 0.25) is 0 Å². The molecule has 0 atom stereocenters. The van der Waals surface area contributed by atoms with Crippen LogP contribution in [0.5, 0.6) is 0 Å². The highest BCUT2D eigenvalue weighted by Gasteiger charge is 2.09. The molecule has 0 bridgehead atoms. The molecule has 4 heteroatoms. The van der Waals surface area contributed by atoms with Gasteiger partial charge in [-0.2, -0.15) is 11.8 Å². The quantitative estimate of drug-likeness (QED) is 0.861. The van der Waals surface area contributed by atoms with Crippen molar-refractivity contribution in [3.63, 3.8) is 0 Å². The summed E-state index contributed by atoms with van der Waals surface area (Å²) in [5, 5.41) is 6.80. The van der Waals surface area contributed by atoms with Gasteiger partial charge in [-0.3, -0.25) is 0 Å². The summed E-state index contributed by atoms with van der Waals surface area (Å²) in [7, 11) is 0. The number of hydrogen-bond donors (Lipinski definition) is 1. The van der Waals surface area contributed by atoms with Gasteiger partial charge in [0.15, 0.2) is 0 Å². The predicted molar refractivity (Wildman–Crippen MR) is 65.9 cm³/mol. The fourth-order valence-electron chi connectivity index (χ4n) is 0.976.